The van der Waals surface area contributed by atoms with Crippen molar-refractivity contribution in [2.24, 2.45) is 0 Å². The number of nitrogens with one attached hydrogen (secondary N) is 1. The van der Waals surface area contributed by atoms with Gasteiger partial charge in [0.2, 0.25) is 10.0 Å². The first kappa shape index (κ1) is 13.9. The molecule has 2 N–H and O–H groups in total. The van der Waals surface area contributed by atoms with E-state index < -0.39 is 15.6 Å². The van der Waals surface area contributed by atoms with Gasteiger partial charge in [-0.3, -0.25) is 0 Å². The van der Waals surface area contributed by atoms with Crippen LogP contribution < -0.4 is 4.72 Å². The molecule has 0 aromatic rings. The first-order chi connectivity index (χ1) is 7.49. The van der Waals surface area contributed by atoms with Crippen molar-refractivity contribution in [3.05, 3.63) is 0 Å². The van der Waals surface area contributed by atoms with Crippen LogP contribution in [0.3, 0.4) is 0 Å². The van der Waals surface area contributed by atoms with Crippen molar-refractivity contribution >= 4 is 10.0 Å². The highest BCUT2D eigenvalue weighted by molar-refractivity contribution is 7.90. The molecular weight excluding hydrogens is 226 g/mol. The quantitative estimate of drug-likeness (QED) is 0.748. The molecule has 0 aliphatic heterocycles. The summed E-state index contributed by atoms with van der Waals surface area (Å²) in [5.74, 6) is 0. The minimum absolute atomic E-state index is 0.133. The molecule has 0 bridgehead atoms. The highest BCUT2D eigenvalue weighted by Gasteiger charge is 2.36. The van der Waals surface area contributed by atoms with Crippen molar-refractivity contribution in [3.63, 3.8) is 0 Å². The van der Waals surface area contributed by atoms with Crippen molar-refractivity contribution in [1.29, 1.82) is 0 Å². The zero-order valence-corrected chi connectivity index (χ0v) is 11.0. The van der Waals surface area contributed by atoms with Gasteiger partial charge in [-0.1, -0.05) is 26.7 Å². The molecule has 0 spiro atoms. The van der Waals surface area contributed by atoms with E-state index in [1.54, 1.807) is 0 Å². The lowest BCUT2D eigenvalue weighted by molar-refractivity contribution is 0.172. The maximum atomic E-state index is 12.1. The number of sulfonamides is 1. The molecule has 0 heterocycles. The van der Waals surface area contributed by atoms with Crippen molar-refractivity contribution < 1.29 is 13.5 Å². The van der Waals surface area contributed by atoms with Gasteiger partial charge >= 0.3 is 0 Å². The average molecular weight is 249 g/mol. The molecule has 16 heavy (non-hydrogen) atoms. The smallest absolute Gasteiger partial charge is 0.215 e. The Balaban J connectivity index is 2.76. The molecular formula is C11H23NO3S. The Labute approximate surface area is 98.5 Å². The van der Waals surface area contributed by atoms with Crippen LogP contribution in [0.2, 0.25) is 0 Å². The predicted molar refractivity (Wildman–Crippen MR) is 64.7 cm³/mol. The van der Waals surface area contributed by atoms with Gasteiger partial charge in [-0.2, -0.15) is 0 Å². The van der Waals surface area contributed by atoms with Gasteiger partial charge in [0.25, 0.3) is 0 Å². The number of rotatable bonds is 6. The first-order valence-electron chi connectivity index (χ1n) is 6.13. The second-order valence-corrected chi connectivity index (χ2v) is 6.66. The molecule has 96 valence electrons. The number of aliphatic hydroxyl groups is 1. The van der Waals surface area contributed by atoms with E-state index in [1.165, 1.54) is 0 Å². The molecule has 1 fully saturated rings. The molecule has 0 atom stereocenters. The van der Waals surface area contributed by atoms with Gasteiger partial charge in [-0.15, -0.1) is 0 Å². The fourth-order valence-electron chi connectivity index (χ4n) is 2.23. The summed E-state index contributed by atoms with van der Waals surface area (Å²) < 4.78 is 26.9. The van der Waals surface area contributed by atoms with E-state index >= 15 is 0 Å². The minimum atomic E-state index is -3.26. The zero-order chi connectivity index (χ0) is 12.2. The lowest BCUT2D eigenvalue weighted by atomic mass is 9.96. The lowest BCUT2D eigenvalue weighted by Gasteiger charge is -2.31. The molecule has 0 amide bonds. The summed E-state index contributed by atoms with van der Waals surface area (Å²) in [5.41, 5.74) is -0.665. The second kappa shape index (κ2) is 5.47. The summed E-state index contributed by atoms with van der Waals surface area (Å²) in [5, 5.41) is 9.10. The topological polar surface area (TPSA) is 66.4 Å². The van der Waals surface area contributed by atoms with Gasteiger partial charge in [0, 0.05) is 0 Å². The highest BCUT2D eigenvalue weighted by atomic mass is 32.2. The van der Waals surface area contributed by atoms with Gasteiger partial charge in [-0.05, 0) is 25.7 Å². The SMILES string of the molecule is CCC(CC)(CO)NS(=O)(=O)C1CCCC1. The van der Waals surface area contributed by atoms with Crippen LogP contribution in [0, 0.1) is 0 Å². The second-order valence-electron chi connectivity index (χ2n) is 4.70. The molecule has 0 aromatic carbocycles. The molecule has 1 aliphatic carbocycles. The van der Waals surface area contributed by atoms with E-state index in [9.17, 15) is 13.5 Å². The standard InChI is InChI=1S/C11H23NO3S/c1-3-11(4-2,9-13)12-16(14,15)10-7-5-6-8-10/h10,12-13H,3-9H2,1-2H3. The van der Waals surface area contributed by atoms with Crippen LogP contribution in [0.4, 0.5) is 0 Å². The Bertz CT molecular complexity index is 295. The molecule has 1 saturated carbocycles. The maximum absolute atomic E-state index is 12.1. The minimum Gasteiger partial charge on any atom is -0.394 e. The molecule has 0 unspecified atom stereocenters. The lowest BCUT2D eigenvalue weighted by Crippen LogP contribution is -2.52. The van der Waals surface area contributed by atoms with Crippen LogP contribution >= 0.6 is 0 Å². The van der Waals surface area contributed by atoms with Gasteiger partial charge in [-0.25, -0.2) is 13.1 Å². The van der Waals surface area contributed by atoms with Crippen LogP contribution in [-0.2, 0) is 10.0 Å². The normalized spacial score (nSPS) is 19.2. The van der Waals surface area contributed by atoms with E-state index in [4.69, 9.17) is 0 Å². The molecule has 5 heteroatoms. The third kappa shape index (κ3) is 2.96. The van der Waals surface area contributed by atoms with E-state index in [-0.39, 0.29) is 11.9 Å². The summed E-state index contributed by atoms with van der Waals surface area (Å²) in [4.78, 5) is 0. The summed E-state index contributed by atoms with van der Waals surface area (Å²) in [6, 6.07) is 0. The summed E-state index contributed by atoms with van der Waals surface area (Å²) in [7, 11) is -3.26. The third-order valence-corrected chi connectivity index (χ3v) is 5.82. The van der Waals surface area contributed by atoms with Gasteiger partial charge in [0.1, 0.15) is 0 Å². The Morgan fingerprint density at radius 1 is 1.25 bits per heavy atom. The van der Waals surface area contributed by atoms with Crippen LogP contribution in [-0.4, -0.2) is 30.9 Å². The number of hydrogen-bond acceptors (Lipinski definition) is 3. The Kier molecular flexibility index (Phi) is 4.76. The molecule has 0 aromatic heterocycles. The highest BCUT2D eigenvalue weighted by Crippen LogP contribution is 2.26. The summed E-state index contributed by atoms with van der Waals surface area (Å²) >= 11 is 0. The average Bonchev–Trinajstić information content (AvgIpc) is 2.80. The van der Waals surface area contributed by atoms with Crippen LogP contribution in [0.1, 0.15) is 52.4 Å². The fourth-order valence-corrected chi connectivity index (χ4v) is 4.31. The Morgan fingerprint density at radius 3 is 2.12 bits per heavy atom. The predicted octanol–water partition coefficient (Wildman–Crippen LogP) is 1.40. The number of aliphatic hydroxyl groups excluding tert-OH is 1. The summed E-state index contributed by atoms with van der Waals surface area (Å²) in [6.45, 7) is 3.67. The molecule has 1 rings (SSSR count). The van der Waals surface area contributed by atoms with E-state index in [0.717, 1.165) is 25.7 Å². The molecule has 4 nitrogen and oxygen atoms in total. The van der Waals surface area contributed by atoms with Gasteiger partial charge in [0.15, 0.2) is 0 Å². The maximum Gasteiger partial charge on any atom is 0.215 e. The van der Waals surface area contributed by atoms with Gasteiger partial charge < -0.3 is 5.11 Å². The van der Waals surface area contributed by atoms with Crippen molar-refractivity contribution in [2.45, 2.75) is 63.2 Å². The third-order valence-electron chi connectivity index (χ3n) is 3.76. The van der Waals surface area contributed by atoms with E-state index in [1.807, 2.05) is 13.8 Å². The van der Waals surface area contributed by atoms with Crippen molar-refractivity contribution in [2.75, 3.05) is 6.61 Å². The Morgan fingerprint density at radius 2 is 1.75 bits per heavy atom. The fraction of sp³-hybridized carbons (Fsp3) is 1.00. The number of hydrogen-bond donors (Lipinski definition) is 2. The molecule has 1 aliphatic rings. The van der Waals surface area contributed by atoms with Crippen LogP contribution in [0.5, 0.6) is 0 Å². The van der Waals surface area contributed by atoms with E-state index in [0.29, 0.717) is 12.8 Å². The Hall–Kier alpha value is -0.130. The van der Waals surface area contributed by atoms with E-state index in [2.05, 4.69) is 4.72 Å². The first-order valence-corrected chi connectivity index (χ1v) is 7.68. The largest absolute Gasteiger partial charge is 0.394 e. The van der Waals surface area contributed by atoms with Crippen molar-refractivity contribution in [3.8, 4) is 0 Å². The van der Waals surface area contributed by atoms with Crippen molar-refractivity contribution in [1.82, 2.24) is 4.72 Å². The summed E-state index contributed by atoms with van der Waals surface area (Å²) in [6.07, 6.45) is 4.73. The van der Waals surface area contributed by atoms with Crippen LogP contribution in [0.25, 0.3) is 0 Å². The monoisotopic (exact) mass is 249 g/mol. The molecule has 0 radical (unpaired) electrons. The van der Waals surface area contributed by atoms with Gasteiger partial charge in [0.05, 0.1) is 17.4 Å². The molecule has 0 saturated heterocycles. The zero-order valence-electron chi connectivity index (χ0n) is 10.2. The van der Waals surface area contributed by atoms with Crippen LogP contribution in [0.15, 0.2) is 0 Å².